The second-order valence-corrected chi connectivity index (χ2v) is 4.84. The number of aliphatic carboxylic acids is 1. The van der Waals surface area contributed by atoms with Crippen LogP contribution in [0.25, 0.3) is 0 Å². The second kappa shape index (κ2) is 6.15. The molecule has 2 aliphatic heterocycles. The van der Waals surface area contributed by atoms with E-state index in [2.05, 4.69) is 5.32 Å². The van der Waals surface area contributed by atoms with E-state index >= 15 is 0 Å². The maximum Gasteiger partial charge on any atom is 0.326 e. The van der Waals surface area contributed by atoms with Gasteiger partial charge >= 0.3 is 5.97 Å². The van der Waals surface area contributed by atoms with Gasteiger partial charge < -0.3 is 20.1 Å². The standard InChI is InChI=1S/C12H20N2O4/c15-11(8-18-9-3-5-13-6-4-9)14-7-1-2-10(14)12(16)17/h9-10,13H,1-8H2,(H,16,17)/t10-/m1/s1. The monoisotopic (exact) mass is 256 g/mol. The van der Waals surface area contributed by atoms with Crippen molar-refractivity contribution in [3.05, 3.63) is 0 Å². The normalized spacial score (nSPS) is 25.3. The fourth-order valence-electron chi connectivity index (χ4n) is 2.56. The Balaban J connectivity index is 1.78. The Morgan fingerprint density at radius 2 is 2.00 bits per heavy atom. The molecule has 6 nitrogen and oxygen atoms in total. The lowest BCUT2D eigenvalue weighted by atomic mass is 10.1. The molecule has 0 aromatic carbocycles. The van der Waals surface area contributed by atoms with Crippen LogP contribution in [0.15, 0.2) is 0 Å². The van der Waals surface area contributed by atoms with Crippen LogP contribution in [0.3, 0.4) is 0 Å². The number of carboxylic acid groups (broad SMARTS) is 1. The summed E-state index contributed by atoms with van der Waals surface area (Å²) in [6.07, 6.45) is 3.26. The molecule has 2 aliphatic rings. The average molecular weight is 256 g/mol. The number of nitrogens with one attached hydrogen (secondary N) is 1. The number of ether oxygens (including phenoxy) is 1. The van der Waals surface area contributed by atoms with Crippen molar-refractivity contribution in [3.8, 4) is 0 Å². The summed E-state index contributed by atoms with van der Waals surface area (Å²) in [5.74, 6) is -1.11. The fraction of sp³-hybridized carbons (Fsp3) is 0.833. The summed E-state index contributed by atoms with van der Waals surface area (Å²) in [5.41, 5.74) is 0. The van der Waals surface area contributed by atoms with Gasteiger partial charge in [-0.1, -0.05) is 0 Å². The van der Waals surface area contributed by atoms with E-state index in [0.29, 0.717) is 13.0 Å². The van der Waals surface area contributed by atoms with Crippen molar-refractivity contribution < 1.29 is 19.4 Å². The molecule has 0 bridgehead atoms. The van der Waals surface area contributed by atoms with Gasteiger partial charge in [-0.25, -0.2) is 4.79 Å². The molecule has 0 unspecified atom stereocenters. The van der Waals surface area contributed by atoms with E-state index < -0.39 is 12.0 Å². The van der Waals surface area contributed by atoms with Gasteiger partial charge in [0.2, 0.25) is 5.91 Å². The van der Waals surface area contributed by atoms with Gasteiger partial charge in [0.15, 0.2) is 0 Å². The van der Waals surface area contributed by atoms with Gasteiger partial charge in [-0.3, -0.25) is 4.79 Å². The number of carbonyl (C=O) groups is 2. The summed E-state index contributed by atoms with van der Waals surface area (Å²) in [5, 5.41) is 12.2. The minimum Gasteiger partial charge on any atom is -0.480 e. The van der Waals surface area contributed by atoms with Crippen LogP contribution in [0.5, 0.6) is 0 Å². The molecule has 0 aromatic rings. The third-order valence-electron chi connectivity index (χ3n) is 3.59. The summed E-state index contributed by atoms with van der Waals surface area (Å²) < 4.78 is 5.56. The van der Waals surface area contributed by atoms with Gasteiger partial charge in [0, 0.05) is 6.54 Å². The lowest BCUT2D eigenvalue weighted by Gasteiger charge is -2.25. The lowest BCUT2D eigenvalue weighted by molar-refractivity contribution is -0.151. The Hall–Kier alpha value is -1.14. The van der Waals surface area contributed by atoms with Crippen molar-refractivity contribution >= 4 is 11.9 Å². The third kappa shape index (κ3) is 3.20. The van der Waals surface area contributed by atoms with Crippen molar-refractivity contribution in [2.45, 2.75) is 37.8 Å². The minimum absolute atomic E-state index is 0.00838. The average Bonchev–Trinajstić information content (AvgIpc) is 2.86. The van der Waals surface area contributed by atoms with Crippen LogP contribution in [0.1, 0.15) is 25.7 Å². The van der Waals surface area contributed by atoms with Gasteiger partial charge in [0.1, 0.15) is 12.6 Å². The highest BCUT2D eigenvalue weighted by Crippen LogP contribution is 2.18. The smallest absolute Gasteiger partial charge is 0.326 e. The van der Waals surface area contributed by atoms with Crippen LogP contribution < -0.4 is 5.32 Å². The molecule has 102 valence electrons. The van der Waals surface area contributed by atoms with Crippen molar-refractivity contribution in [1.82, 2.24) is 10.2 Å². The summed E-state index contributed by atoms with van der Waals surface area (Å²) in [4.78, 5) is 24.3. The van der Waals surface area contributed by atoms with Crippen LogP contribution in [0.2, 0.25) is 0 Å². The quantitative estimate of drug-likeness (QED) is 0.730. The van der Waals surface area contributed by atoms with Crippen molar-refractivity contribution in [2.75, 3.05) is 26.2 Å². The van der Waals surface area contributed by atoms with Crippen LogP contribution in [-0.4, -0.2) is 60.3 Å². The van der Waals surface area contributed by atoms with Crippen molar-refractivity contribution in [2.24, 2.45) is 0 Å². The van der Waals surface area contributed by atoms with Crippen LogP contribution in [0, 0.1) is 0 Å². The van der Waals surface area contributed by atoms with E-state index in [1.165, 1.54) is 4.90 Å². The molecule has 2 rings (SSSR count). The topological polar surface area (TPSA) is 78.9 Å². The summed E-state index contributed by atoms with van der Waals surface area (Å²) >= 11 is 0. The van der Waals surface area contributed by atoms with Crippen molar-refractivity contribution in [3.63, 3.8) is 0 Å². The number of carboxylic acids is 1. The summed E-state index contributed by atoms with van der Waals surface area (Å²) in [6, 6.07) is -0.658. The molecule has 2 fully saturated rings. The van der Waals surface area contributed by atoms with Gasteiger partial charge in [-0.2, -0.15) is 0 Å². The van der Waals surface area contributed by atoms with E-state index in [4.69, 9.17) is 9.84 Å². The third-order valence-corrected chi connectivity index (χ3v) is 3.59. The number of rotatable bonds is 4. The minimum atomic E-state index is -0.914. The zero-order valence-corrected chi connectivity index (χ0v) is 10.4. The molecule has 0 saturated carbocycles. The molecule has 6 heteroatoms. The zero-order chi connectivity index (χ0) is 13.0. The van der Waals surface area contributed by atoms with E-state index in [-0.39, 0.29) is 18.6 Å². The first-order chi connectivity index (χ1) is 8.68. The summed E-state index contributed by atoms with van der Waals surface area (Å²) in [7, 11) is 0. The molecule has 2 N–H and O–H groups in total. The lowest BCUT2D eigenvalue weighted by Crippen LogP contribution is -2.43. The Bertz CT molecular complexity index is 315. The Kier molecular flexibility index (Phi) is 4.54. The molecule has 0 aliphatic carbocycles. The first-order valence-electron chi connectivity index (χ1n) is 6.53. The fourth-order valence-corrected chi connectivity index (χ4v) is 2.56. The second-order valence-electron chi connectivity index (χ2n) is 4.84. The van der Waals surface area contributed by atoms with E-state index in [0.717, 1.165) is 32.4 Å². The number of piperidine rings is 1. The van der Waals surface area contributed by atoms with Crippen LogP contribution in [0.4, 0.5) is 0 Å². The number of hydrogen-bond donors (Lipinski definition) is 2. The van der Waals surface area contributed by atoms with Crippen molar-refractivity contribution in [1.29, 1.82) is 0 Å². The van der Waals surface area contributed by atoms with E-state index in [1.54, 1.807) is 0 Å². The van der Waals surface area contributed by atoms with Gasteiger partial charge in [0.05, 0.1) is 6.10 Å². The molecule has 1 amide bonds. The maximum absolute atomic E-state index is 11.9. The Labute approximate surface area is 106 Å². The van der Waals surface area contributed by atoms with Gasteiger partial charge in [-0.05, 0) is 38.8 Å². The highest BCUT2D eigenvalue weighted by Gasteiger charge is 2.34. The molecular formula is C12H20N2O4. The SMILES string of the molecule is O=C(O)[C@H]1CCCN1C(=O)COC1CCNCC1. The number of nitrogens with zero attached hydrogens (tertiary/aromatic N) is 1. The zero-order valence-electron chi connectivity index (χ0n) is 10.4. The Morgan fingerprint density at radius 3 is 2.67 bits per heavy atom. The molecule has 18 heavy (non-hydrogen) atoms. The van der Waals surface area contributed by atoms with Crippen LogP contribution in [-0.2, 0) is 14.3 Å². The van der Waals surface area contributed by atoms with Gasteiger partial charge in [-0.15, -0.1) is 0 Å². The van der Waals surface area contributed by atoms with E-state index in [9.17, 15) is 9.59 Å². The highest BCUT2D eigenvalue weighted by atomic mass is 16.5. The molecule has 2 heterocycles. The number of carbonyl (C=O) groups excluding carboxylic acids is 1. The number of hydrogen-bond acceptors (Lipinski definition) is 4. The first-order valence-corrected chi connectivity index (χ1v) is 6.53. The van der Waals surface area contributed by atoms with Gasteiger partial charge in [0.25, 0.3) is 0 Å². The molecule has 0 radical (unpaired) electrons. The van der Waals surface area contributed by atoms with E-state index in [1.807, 2.05) is 0 Å². The highest BCUT2D eigenvalue weighted by molar-refractivity contribution is 5.84. The first kappa shape index (κ1) is 13.3. The largest absolute Gasteiger partial charge is 0.480 e. The molecule has 1 atom stereocenters. The number of likely N-dealkylation sites (tertiary alicyclic amines) is 1. The van der Waals surface area contributed by atoms with Crippen LogP contribution >= 0.6 is 0 Å². The summed E-state index contributed by atoms with van der Waals surface area (Å²) in [6.45, 7) is 2.38. The predicted molar refractivity (Wildman–Crippen MR) is 64.2 cm³/mol. The molecular weight excluding hydrogens is 236 g/mol. The predicted octanol–water partition coefficient (Wildman–Crippen LogP) is -0.169. The molecule has 2 saturated heterocycles. The molecule has 0 spiro atoms. The Morgan fingerprint density at radius 1 is 1.28 bits per heavy atom. The maximum atomic E-state index is 11.9. The molecule has 0 aromatic heterocycles. The number of amides is 1.